The Morgan fingerprint density at radius 2 is 1.79 bits per heavy atom. The lowest BCUT2D eigenvalue weighted by atomic mass is 9.94. The maximum Gasteiger partial charge on any atom is 0.290 e. The second-order valence-corrected chi connectivity index (χ2v) is 4.40. The van der Waals surface area contributed by atoms with Gasteiger partial charge in [-0.05, 0) is 49.9 Å². The van der Waals surface area contributed by atoms with Crippen LogP contribution in [0.2, 0.25) is 0 Å². The van der Waals surface area contributed by atoms with Crippen LogP contribution in [0.1, 0.15) is 31.2 Å². The van der Waals surface area contributed by atoms with Crippen LogP contribution in [-0.2, 0) is 4.79 Å². The van der Waals surface area contributed by atoms with Gasteiger partial charge in [0.05, 0.1) is 17.7 Å². The van der Waals surface area contributed by atoms with Gasteiger partial charge in [-0.3, -0.25) is 4.79 Å². The monoisotopic (exact) mass is 262 g/mol. The Morgan fingerprint density at radius 1 is 1.26 bits per heavy atom. The molecule has 0 heterocycles. The predicted octanol–water partition coefficient (Wildman–Crippen LogP) is 1.91. The Balaban J connectivity index is 0.000000550. The second kappa shape index (κ2) is 8.11. The van der Waals surface area contributed by atoms with Crippen LogP contribution in [-0.4, -0.2) is 23.7 Å². The second-order valence-electron chi connectivity index (χ2n) is 4.40. The Labute approximate surface area is 112 Å². The summed E-state index contributed by atoms with van der Waals surface area (Å²) in [5, 5.41) is 15.6. The number of hydrogen-bond acceptors (Lipinski definition) is 4. The largest absolute Gasteiger partial charge is 0.490 e. The van der Waals surface area contributed by atoms with Gasteiger partial charge < -0.3 is 15.6 Å². The lowest BCUT2D eigenvalue weighted by molar-refractivity contribution is -0.122. The van der Waals surface area contributed by atoms with E-state index in [1.54, 1.807) is 12.1 Å². The minimum absolute atomic E-state index is 0.250. The van der Waals surface area contributed by atoms with Gasteiger partial charge in [0, 0.05) is 6.04 Å². The van der Waals surface area contributed by atoms with Gasteiger partial charge in [-0.25, -0.2) is 0 Å². The van der Waals surface area contributed by atoms with E-state index in [-0.39, 0.29) is 12.6 Å². The van der Waals surface area contributed by atoms with Crippen LogP contribution in [0.4, 0.5) is 0 Å². The van der Waals surface area contributed by atoms with Gasteiger partial charge in [-0.1, -0.05) is 0 Å². The first-order valence-corrected chi connectivity index (χ1v) is 6.20. The number of rotatable bonds is 2. The molecule has 0 aromatic heterocycles. The molecule has 102 valence electrons. The molecule has 5 nitrogen and oxygen atoms in total. The number of nitrogens with zero attached hydrogens (tertiary/aromatic N) is 1. The number of hydrogen-bond donors (Lipinski definition) is 2. The van der Waals surface area contributed by atoms with E-state index in [1.807, 2.05) is 12.1 Å². The summed E-state index contributed by atoms with van der Waals surface area (Å²) in [6.07, 6.45) is 4.43. The van der Waals surface area contributed by atoms with E-state index < -0.39 is 0 Å². The highest BCUT2D eigenvalue weighted by Gasteiger charge is 2.19. The van der Waals surface area contributed by atoms with Crippen LogP contribution < -0.4 is 10.5 Å². The standard InChI is InChI=1S/C13H16N2O.CH2O2/c14-9-10-1-5-12(6-2-10)16-13-7-3-11(15)4-8-13;2-1-3/h1-2,5-6,11,13H,3-4,7-8,15H2;1H,(H,2,3). The van der Waals surface area contributed by atoms with E-state index >= 15 is 0 Å². The predicted molar refractivity (Wildman–Crippen MR) is 70.7 cm³/mol. The van der Waals surface area contributed by atoms with Crippen molar-refractivity contribution in [1.82, 2.24) is 0 Å². The van der Waals surface area contributed by atoms with Crippen LogP contribution in [0, 0.1) is 11.3 Å². The highest BCUT2D eigenvalue weighted by Crippen LogP contribution is 2.23. The molecule has 1 aromatic rings. The van der Waals surface area contributed by atoms with Gasteiger partial charge in [0.1, 0.15) is 5.75 Å². The molecule has 0 unspecified atom stereocenters. The molecule has 5 heteroatoms. The van der Waals surface area contributed by atoms with Crippen LogP contribution in [0.5, 0.6) is 5.75 Å². The molecule has 19 heavy (non-hydrogen) atoms. The smallest absolute Gasteiger partial charge is 0.290 e. The van der Waals surface area contributed by atoms with Crippen molar-refractivity contribution in [1.29, 1.82) is 5.26 Å². The first-order chi connectivity index (χ1) is 9.19. The molecule has 0 spiro atoms. The van der Waals surface area contributed by atoms with Gasteiger partial charge in [0.25, 0.3) is 6.47 Å². The highest BCUT2D eigenvalue weighted by molar-refractivity contribution is 5.34. The van der Waals surface area contributed by atoms with E-state index in [2.05, 4.69) is 6.07 Å². The normalized spacial score (nSPS) is 21.5. The maximum atomic E-state index is 8.67. The van der Waals surface area contributed by atoms with Crippen LogP contribution in [0.3, 0.4) is 0 Å². The van der Waals surface area contributed by atoms with Crippen molar-refractivity contribution in [3.63, 3.8) is 0 Å². The number of benzene rings is 1. The summed E-state index contributed by atoms with van der Waals surface area (Å²) in [6, 6.07) is 9.71. The third-order valence-corrected chi connectivity index (χ3v) is 3.01. The quantitative estimate of drug-likeness (QED) is 0.793. The van der Waals surface area contributed by atoms with Gasteiger partial charge >= 0.3 is 0 Å². The first-order valence-electron chi connectivity index (χ1n) is 6.20. The molecule has 1 saturated carbocycles. The Kier molecular flexibility index (Phi) is 6.41. The summed E-state index contributed by atoms with van der Waals surface area (Å²) in [5.74, 6) is 0.847. The number of carboxylic acid groups (broad SMARTS) is 1. The topological polar surface area (TPSA) is 96.3 Å². The summed E-state index contributed by atoms with van der Waals surface area (Å²) in [4.78, 5) is 8.36. The van der Waals surface area contributed by atoms with Crippen molar-refractivity contribution in [2.45, 2.75) is 37.8 Å². The fraction of sp³-hybridized carbons (Fsp3) is 0.429. The summed E-state index contributed by atoms with van der Waals surface area (Å²) in [7, 11) is 0. The minimum atomic E-state index is -0.250. The molecule has 0 aliphatic heterocycles. The van der Waals surface area contributed by atoms with Gasteiger partial charge in [-0.2, -0.15) is 5.26 Å². The molecule has 0 saturated heterocycles. The molecule has 1 aliphatic carbocycles. The third kappa shape index (κ3) is 5.40. The van der Waals surface area contributed by atoms with Crippen molar-refractivity contribution >= 4 is 6.47 Å². The van der Waals surface area contributed by atoms with Crippen LogP contribution >= 0.6 is 0 Å². The Morgan fingerprint density at radius 3 is 2.26 bits per heavy atom. The van der Waals surface area contributed by atoms with E-state index in [9.17, 15) is 0 Å². The average molecular weight is 262 g/mol. The summed E-state index contributed by atoms with van der Waals surface area (Å²) >= 11 is 0. The van der Waals surface area contributed by atoms with Gasteiger partial charge in [-0.15, -0.1) is 0 Å². The zero-order valence-corrected chi connectivity index (χ0v) is 10.7. The zero-order chi connectivity index (χ0) is 14.1. The van der Waals surface area contributed by atoms with E-state index in [0.29, 0.717) is 11.6 Å². The fourth-order valence-electron chi connectivity index (χ4n) is 2.01. The maximum absolute atomic E-state index is 8.67. The van der Waals surface area contributed by atoms with Gasteiger partial charge in [0.15, 0.2) is 0 Å². The molecule has 0 bridgehead atoms. The van der Waals surface area contributed by atoms with Gasteiger partial charge in [0.2, 0.25) is 0 Å². The summed E-state index contributed by atoms with van der Waals surface area (Å²) < 4.78 is 5.84. The molecule has 0 radical (unpaired) electrons. The molecule has 1 fully saturated rings. The molecular formula is C14H18N2O3. The molecule has 0 atom stereocenters. The first kappa shape index (κ1) is 15.0. The van der Waals surface area contributed by atoms with Crippen molar-refractivity contribution < 1.29 is 14.6 Å². The number of nitrogens with two attached hydrogens (primary N) is 1. The van der Waals surface area contributed by atoms with Crippen LogP contribution in [0.25, 0.3) is 0 Å². The number of ether oxygens (including phenoxy) is 1. The molecule has 2 rings (SSSR count). The zero-order valence-electron chi connectivity index (χ0n) is 10.7. The van der Waals surface area contributed by atoms with Crippen LogP contribution in [0.15, 0.2) is 24.3 Å². The number of nitriles is 1. The van der Waals surface area contributed by atoms with Crippen molar-refractivity contribution in [2.24, 2.45) is 5.73 Å². The van der Waals surface area contributed by atoms with E-state index in [0.717, 1.165) is 31.4 Å². The highest BCUT2D eigenvalue weighted by atomic mass is 16.5. The number of carbonyl (C=O) groups is 1. The molecule has 1 aromatic carbocycles. The van der Waals surface area contributed by atoms with E-state index in [4.69, 9.17) is 25.6 Å². The lowest BCUT2D eigenvalue weighted by Crippen LogP contribution is -2.31. The molecule has 1 aliphatic rings. The Hall–Kier alpha value is -2.06. The van der Waals surface area contributed by atoms with E-state index in [1.165, 1.54) is 0 Å². The molecule has 3 N–H and O–H groups in total. The van der Waals surface area contributed by atoms with Crippen molar-refractivity contribution in [3.05, 3.63) is 29.8 Å². The Bertz CT molecular complexity index is 417. The summed E-state index contributed by atoms with van der Waals surface area (Å²) in [5.41, 5.74) is 6.50. The molecular weight excluding hydrogens is 244 g/mol. The van der Waals surface area contributed by atoms with Crippen molar-refractivity contribution in [2.75, 3.05) is 0 Å². The third-order valence-electron chi connectivity index (χ3n) is 3.01. The SMILES string of the molecule is N#Cc1ccc(OC2CCC(N)CC2)cc1.O=CO. The fourth-order valence-corrected chi connectivity index (χ4v) is 2.01. The lowest BCUT2D eigenvalue weighted by Gasteiger charge is -2.26. The average Bonchev–Trinajstić information content (AvgIpc) is 2.43. The summed E-state index contributed by atoms with van der Waals surface area (Å²) in [6.45, 7) is -0.250. The van der Waals surface area contributed by atoms with Crippen molar-refractivity contribution in [3.8, 4) is 11.8 Å². The minimum Gasteiger partial charge on any atom is -0.490 e. The molecule has 0 amide bonds.